The van der Waals surface area contributed by atoms with Crippen LogP contribution in [0.3, 0.4) is 0 Å². The van der Waals surface area contributed by atoms with Crippen molar-refractivity contribution in [1.29, 1.82) is 0 Å². The zero-order valence-electron chi connectivity index (χ0n) is 16.2. The third kappa shape index (κ3) is 4.05. The number of thiophene rings is 1. The highest BCUT2D eigenvalue weighted by Gasteiger charge is 2.46. The standard InChI is InChI=1S/C22H30N2O2S/c1-25-18-7-15-27-19(18)16-23-14-12-21(20-6-2-5-13-24-20)10-11-22(26-17-21)8-3-4-9-22/h2,5-7,13,15,23H,3-4,8-12,14,16-17H2,1H3/t21-/m0/s1. The summed E-state index contributed by atoms with van der Waals surface area (Å²) in [7, 11) is 1.74. The third-order valence-corrected chi connectivity index (χ3v) is 7.33. The van der Waals surface area contributed by atoms with Gasteiger partial charge >= 0.3 is 0 Å². The molecule has 2 aromatic rings. The van der Waals surface area contributed by atoms with Gasteiger partial charge in [-0.2, -0.15) is 0 Å². The van der Waals surface area contributed by atoms with E-state index in [0.29, 0.717) is 0 Å². The molecule has 146 valence electrons. The second kappa shape index (κ2) is 8.29. The molecule has 1 spiro atoms. The summed E-state index contributed by atoms with van der Waals surface area (Å²) < 4.78 is 12.0. The first-order chi connectivity index (χ1) is 13.3. The van der Waals surface area contributed by atoms with Crippen LogP contribution in [0.4, 0.5) is 0 Å². The van der Waals surface area contributed by atoms with Crippen molar-refractivity contribution in [2.24, 2.45) is 0 Å². The van der Waals surface area contributed by atoms with Gasteiger partial charge < -0.3 is 14.8 Å². The zero-order chi connectivity index (χ0) is 18.6. The van der Waals surface area contributed by atoms with Gasteiger partial charge in [-0.3, -0.25) is 4.98 Å². The van der Waals surface area contributed by atoms with Gasteiger partial charge in [0.2, 0.25) is 0 Å². The van der Waals surface area contributed by atoms with Crippen molar-refractivity contribution in [3.8, 4) is 5.75 Å². The molecular weight excluding hydrogens is 356 g/mol. The van der Waals surface area contributed by atoms with Crippen molar-refractivity contribution in [2.45, 2.75) is 62.5 Å². The molecular formula is C22H30N2O2S. The largest absolute Gasteiger partial charge is 0.496 e. The van der Waals surface area contributed by atoms with Crippen molar-refractivity contribution in [3.63, 3.8) is 0 Å². The molecule has 5 heteroatoms. The average molecular weight is 387 g/mol. The van der Waals surface area contributed by atoms with E-state index in [4.69, 9.17) is 14.5 Å². The number of ether oxygens (including phenoxy) is 2. The number of nitrogens with zero attached hydrogens (tertiary/aromatic N) is 1. The molecule has 3 heterocycles. The summed E-state index contributed by atoms with van der Waals surface area (Å²) in [5.74, 6) is 0.983. The van der Waals surface area contributed by atoms with Gasteiger partial charge in [0, 0.05) is 23.9 Å². The van der Waals surface area contributed by atoms with E-state index < -0.39 is 0 Å². The first-order valence-electron chi connectivity index (χ1n) is 10.1. The van der Waals surface area contributed by atoms with Crippen LogP contribution in [0.25, 0.3) is 0 Å². The molecule has 4 nitrogen and oxygen atoms in total. The molecule has 0 bridgehead atoms. The molecule has 2 fully saturated rings. The molecule has 4 rings (SSSR count). The Balaban J connectivity index is 1.40. The van der Waals surface area contributed by atoms with Gasteiger partial charge in [0.1, 0.15) is 5.75 Å². The second-order valence-electron chi connectivity index (χ2n) is 8.01. The molecule has 0 aromatic carbocycles. The molecule has 1 aliphatic heterocycles. The van der Waals surface area contributed by atoms with Crippen LogP contribution in [0.5, 0.6) is 5.75 Å². The van der Waals surface area contributed by atoms with Crippen LogP contribution in [0.15, 0.2) is 35.8 Å². The number of aromatic nitrogens is 1. The highest BCUT2D eigenvalue weighted by molar-refractivity contribution is 7.10. The summed E-state index contributed by atoms with van der Waals surface area (Å²) in [5.41, 5.74) is 1.38. The number of rotatable bonds is 7. The minimum Gasteiger partial charge on any atom is -0.496 e. The molecule has 1 N–H and O–H groups in total. The molecule has 0 amide bonds. The van der Waals surface area contributed by atoms with Gasteiger partial charge in [0.15, 0.2) is 0 Å². The highest BCUT2D eigenvalue weighted by Crippen LogP contribution is 2.47. The average Bonchev–Trinajstić information content (AvgIpc) is 3.37. The molecule has 0 radical (unpaired) electrons. The van der Waals surface area contributed by atoms with E-state index in [1.807, 2.05) is 18.3 Å². The Kier molecular flexibility index (Phi) is 5.81. The molecule has 1 saturated heterocycles. The van der Waals surface area contributed by atoms with E-state index >= 15 is 0 Å². The van der Waals surface area contributed by atoms with E-state index in [-0.39, 0.29) is 11.0 Å². The van der Waals surface area contributed by atoms with Crippen molar-refractivity contribution >= 4 is 11.3 Å². The fourth-order valence-electron chi connectivity index (χ4n) is 4.69. The van der Waals surface area contributed by atoms with Gasteiger partial charge in [0.25, 0.3) is 0 Å². The number of hydrogen-bond acceptors (Lipinski definition) is 5. The smallest absolute Gasteiger partial charge is 0.134 e. The maximum atomic E-state index is 6.55. The van der Waals surface area contributed by atoms with E-state index in [2.05, 4.69) is 22.8 Å². The minimum atomic E-state index is 0.0294. The van der Waals surface area contributed by atoms with Crippen molar-refractivity contribution in [3.05, 3.63) is 46.4 Å². The lowest BCUT2D eigenvalue weighted by Gasteiger charge is -2.45. The van der Waals surface area contributed by atoms with E-state index in [9.17, 15) is 0 Å². The fourth-order valence-corrected chi connectivity index (χ4v) is 5.50. The Bertz CT molecular complexity index is 715. The molecule has 27 heavy (non-hydrogen) atoms. The van der Waals surface area contributed by atoms with Gasteiger partial charge in [-0.15, -0.1) is 11.3 Å². The van der Waals surface area contributed by atoms with Crippen LogP contribution in [-0.4, -0.2) is 30.8 Å². The first-order valence-corrected chi connectivity index (χ1v) is 11.0. The van der Waals surface area contributed by atoms with Gasteiger partial charge in [-0.25, -0.2) is 0 Å². The summed E-state index contributed by atoms with van der Waals surface area (Å²) in [6, 6.07) is 8.32. The number of methoxy groups -OCH3 is 1. The Morgan fingerprint density at radius 3 is 2.78 bits per heavy atom. The van der Waals surface area contributed by atoms with Crippen LogP contribution >= 0.6 is 11.3 Å². The molecule has 1 aliphatic carbocycles. The molecule has 2 aliphatic rings. The summed E-state index contributed by atoms with van der Waals surface area (Å²) in [6.07, 6.45) is 10.4. The summed E-state index contributed by atoms with van der Waals surface area (Å²) in [6.45, 7) is 2.60. The van der Waals surface area contributed by atoms with Crippen molar-refractivity contribution in [2.75, 3.05) is 20.3 Å². The normalized spacial score (nSPS) is 24.3. The molecule has 1 saturated carbocycles. The Morgan fingerprint density at radius 2 is 2.07 bits per heavy atom. The number of nitrogens with one attached hydrogen (secondary N) is 1. The zero-order valence-corrected chi connectivity index (χ0v) is 17.0. The number of hydrogen-bond donors (Lipinski definition) is 1. The van der Waals surface area contributed by atoms with Crippen LogP contribution in [0.2, 0.25) is 0 Å². The molecule has 1 atom stereocenters. The Labute approximate surface area is 166 Å². The Hall–Kier alpha value is -1.43. The second-order valence-corrected chi connectivity index (χ2v) is 9.01. The van der Waals surface area contributed by atoms with Crippen LogP contribution in [0.1, 0.15) is 55.5 Å². The van der Waals surface area contributed by atoms with E-state index in [1.165, 1.54) is 49.1 Å². The lowest BCUT2D eigenvalue weighted by atomic mass is 9.72. The quantitative estimate of drug-likeness (QED) is 0.701. The predicted octanol–water partition coefficient (Wildman–Crippen LogP) is 4.69. The monoisotopic (exact) mass is 386 g/mol. The number of pyridine rings is 1. The van der Waals surface area contributed by atoms with Crippen molar-refractivity contribution in [1.82, 2.24) is 10.3 Å². The first kappa shape index (κ1) is 18.9. The SMILES string of the molecule is COc1ccsc1CNCC[C@@]1(c2ccccn2)CCC2(CCCC2)OC1. The molecule has 0 unspecified atom stereocenters. The molecule has 2 aromatic heterocycles. The maximum Gasteiger partial charge on any atom is 0.134 e. The van der Waals surface area contributed by atoms with E-state index in [0.717, 1.165) is 31.9 Å². The predicted molar refractivity (Wildman–Crippen MR) is 109 cm³/mol. The maximum absolute atomic E-state index is 6.55. The van der Waals surface area contributed by atoms with Crippen molar-refractivity contribution < 1.29 is 9.47 Å². The topological polar surface area (TPSA) is 43.4 Å². The van der Waals surface area contributed by atoms with Gasteiger partial charge in [0.05, 0.1) is 24.2 Å². The summed E-state index contributed by atoms with van der Waals surface area (Å²) in [5, 5.41) is 5.70. The van der Waals surface area contributed by atoms with Crippen LogP contribution in [-0.2, 0) is 16.7 Å². The highest BCUT2D eigenvalue weighted by atomic mass is 32.1. The van der Waals surface area contributed by atoms with Crippen LogP contribution < -0.4 is 10.1 Å². The Morgan fingerprint density at radius 1 is 1.19 bits per heavy atom. The summed E-state index contributed by atoms with van der Waals surface area (Å²) in [4.78, 5) is 5.98. The summed E-state index contributed by atoms with van der Waals surface area (Å²) >= 11 is 1.74. The van der Waals surface area contributed by atoms with Gasteiger partial charge in [-0.1, -0.05) is 18.9 Å². The lowest BCUT2D eigenvalue weighted by Crippen LogP contribution is -2.47. The van der Waals surface area contributed by atoms with E-state index in [1.54, 1.807) is 18.4 Å². The fraction of sp³-hybridized carbons (Fsp3) is 0.591. The minimum absolute atomic E-state index is 0.0294. The third-order valence-electron chi connectivity index (χ3n) is 6.43. The van der Waals surface area contributed by atoms with Crippen LogP contribution in [0, 0.1) is 0 Å². The van der Waals surface area contributed by atoms with Gasteiger partial charge in [-0.05, 0) is 62.2 Å². The lowest BCUT2D eigenvalue weighted by molar-refractivity contribution is -0.109.